The van der Waals surface area contributed by atoms with Gasteiger partial charge in [-0.1, -0.05) is 22.4 Å². The van der Waals surface area contributed by atoms with Crippen molar-refractivity contribution in [1.29, 1.82) is 0 Å². The molecule has 0 amide bonds. The molecule has 0 unspecified atom stereocenters. The second kappa shape index (κ2) is 7.82. The average Bonchev–Trinajstić information content (AvgIpc) is 2.61. The molecule has 0 saturated heterocycles. The number of nitrogens with zero attached hydrogens (tertiary/aromatic N) is 3. The topological polar surface area (TPSA) is 38.2 Å². The molecule has 1 heterocycles. The number of hydrogen-bond donors (Lipinski definition) is 0. The molecule has 0 bridgehead atoms. The predicted molar refractivity (Wildman–Crippen MR) is 96.7 cm³/mol. The number of hydrogen-bond acceptors (Lipinski definition) is 4. The Morgan fingerprint density at radius 3 is 2.38 bits per heavy atom. The van der Waals surface area contributed by atoms with Crippen molar-refractivity contribution in [1.82, 2.24) is 9.97 Å². The molecular formula is C18H19BrF3N3O. The van der Waals surface area contributed by atoms with Crippen molar-refractivity contribution in [3.05, 3.63) is 40.5 Å². The number of benzene rings is 1. The van der Waals surface area contributed by atoms with Gasteiger partial charge < -0.3 is 9.64 Å². The maximum Gasteiger partial charge on any atom is 0.423 e. The van der Waals surface area contributed by atoms with Crippen LogP contribution < -0.4 is 9.64 Å². The highest BCUT2D eigenvalue weighted by Crippen LogP contribution is 2.37. The molecule has 2 aromatic rings. The molecule has 0 aliphatic heterocycles. The monoisotopic (exact) mass is 429 g/mol. The molecule has 4 nitrogen and oxygen atoms in total. The minimum Gasteiger partial charge on any atom is -0.474 e. The molecule has 1 fully saturated rings. The fraction of sp³-hybridized carbons (Fsp3) is 0.444. The summed E-state index contributed by atoms with van der Waals surface area (Å²) in [5.41, 5.74) is -0.174. The van der Waals surface area contributed by atoms with Gasteiger partial charge in [-0.2, -0.15) is 18.2 Å². The minimum atomic E-state index is -4.56. The molecule has 26 heavy (non-hydrogen) atoms. The highest BCUT2D eigenvalue weighted by molar-refractivity contribution is 9.10. The first-order valence-electron chi connectivity index (χ1n) is 8.45. The zero-order valence-electron chi connectivity index (χ0n) is 14.3. The van der Waals surface area contributed by atoms with Crippen LogP contribution in [0.2, 0.25) is 0 Å². The summed E-state index contributed by atoms with van der Waals surface area (Å²) in [7, 11) is 1.70. The van der Waals surface area contributed by atoms with Crippen LogP contribution in [0, 0.1) is 0 Å². The second-order valence-electron chi connectivity index (χ2n) is 6.30. The van der Waals surface area contributed by atoms with Crippen LogP contribution in [0.4, 0.5) is 24.8 Å². The normalized spacial score (nSPS) is 15.7. The molecule has 1 saturated carbocycles. The van der Waals surface area contributed by atoms with E-state index in [-0.39, 0.29) is 12.1 Å². The molecule has 1 aromatic heterocycles. The van der Waals surface area contributed by atoms with Crippen LogP contribution in [0.25, 0.3) is 0 Å². The number of halogens is 4. The standard InChI is InChI=1S/C18H19BrF3N3O/c1-25(13-9-7-12(19)8-10-13)17-23-11-15(18(20,21)22)16(24-17)26-14-5-3-2-4-6-14/h7-11,14H,2-6H2,1H3. The molecule has 1 aliphatic rings. The van der Waals surface area contributed by atoms with Crippen LogP contribution in [0.3, 0.4) is 0 Å². The summed E-state index contributed by atoms with van der Waals surface area (Å²) in [4.78, 5) is 9.62. The zero-order valence-corrected chi connectivity index (χ0v) is 15.8. The van der Waals surface area contributed by atoms with Crippen LogP contribution in [0.15, 0.2) is 34.9 Å². The first-order chi connectivity index (χ1) is 12.3. The van der Waals surface area contributed by atoms with E-state index in [1.54, 1.807) is 11.9 Å². The van der Waals surface area contributed by atoms with E-state index < -0.39 is 17.6 Å². The summed E-state index contributed by atoms with van der Waals surface area (Å²) in [5, 5.41) is 0. The maximum atomic E-state index is 13.3. The largest absolute Gasteiger partial charge is 0.474 e. The molecule has 0 atom stereocenters. The number of aromatic nitrogens is 2. The van der Waals surface area contributed by atoms with Gasteiger partial charge in [-0.05, 0) is 49.9 Å². The highest BCUT2D eigenvalue weighted by Gasteiger charge is 2.37. The van der Waals surface area contributed by atoms with E-state index in [1.165, 1.54) is 0 Å². The van der Waals surface area contributed by atoms with E-state index in [4.69, 9.17) is 4.74 Å². The van der Waals surface area contributed by atoms with Crippen molar-refractivity contribution < 1.29 is 17.9 Å². The summed E-state index contributed by atoms with van der Waals surface area (Å²) in [6.07, 6.45) is 0.525. The number of ether oxygens (including phenoxy) is 1. The van der Waals surface area contributed by atoms with Gasteiger partial charge in [-0.15, -0.1) is 0 Å². The fourth-order valence-electron chi connectivity index (χ4n) is 2.92. The van der Waals surface area contributed by atoms with Crippen LogP contribution in [0.5, 0.6) is 5.88 Å². The molecule has 3 rings (SSSR count). The van der Waals surface area contributed by atoms with Gasteiger partial charge in [0, 0.05) is 23.4 Å². The van der Waals surface area contributed by atoms with Crippen molar-refractivity contribution in [3.63, 3.8) is 0 Å². The van der Waals surface area contributed by atoms with E-state index in [1.807, 2.05) is 24.3 Å². The quantitative estimate of drug-likeness (QED) is 0.621. The minimum absolute atomic E-state index is 0.158. The van der Waals surface area contributed by atoms with Crippen LogP contribution in [-0.2, 0) is 6.18 Å². The summed E-state index contributed by atoms with van der Waals surface area (Å²) in [5.74, 6) is -0.232. The molecule has 0 radical (unpaired) electrons. The van der Waals surface area contributed by atoms with Crippen molar-refractivity contribution in [3.8, 4) is 5.88 Å². The van der Waals surface area contributed by atoms with E-state index >= 15 is 0 Å². The van der Waals surface area contributed by atoms with Crippen LogP contribution >= 0.6 is 15.9 Å². The Balaban J connectivity index is 1.91. The van der Waals surface area contributed by atoms with E-state index in [2.05, 4.69) is 25.9 Å². The Bertz CT molecular complexity index is 746. The lowest BCUT2D eigenvalue weighted by molar-refractivity contribution is -0.140. The van der Waals surface area contributed by atoms with Crippen molar-refractivity contribution in [2.24, 2.45) is 0 Å². The first kappa shape index (κ1) is 18.9. The summed E-state index contributed by atoms with van der Waals surface area (Å²) in [6, 6.07) is 7.34. The second-order valence-corrected chi connectivity index (χ2v) is 7.22. The predicted octanol–water partition coefficient (Wildman–Crippen LogP) is 5.74. The molecule has 0 N–H and O–H groups in total. The summed E-state index contributed by atoms with van der Waals surface area (Å²) in [6.45, 7) is 0. The van der Waals surface area contributed by atoms with E-state index in [0.29, 0.717) is 0 Å². The van der Waals surface area contributed by atoms with Gasteiger partial charge in [0.15, 0.2) is 0 Å². The lowest BCUT2D eigenvalue weighted by Crippen LogP contribution is -2.23. The zero-order chi connectivity index (χ0) is 18.7. The van der Waals surface area contributed by atoms with Gasteiger partial charge in [0.25, 0.3) is 0 Å². The van der Waals surface area contributed by atoms with Crippen LogP contribution in [-0.4, -0.2) is 23.1 Å². The van der Waals surface area contributed by atoms with Crippen molar-refractivity contribution in [2.75, 3.05) is 11.9 Å². The molecule has 1 aromatic carbocycles. The number of rotatable bonds is 4. The number of alkyl halides is 3. The van der Waals surface area contributed by atoms with Gasteiger partial charge in [0.1, 0.15) is 11.7 Å². The summed E-state index contributed by atoms with van der Waals surface area (Å²) >= 11 is 3.35. The molecule has 0 spiro atoms. The lowest BCUT2D eigenvalue weighted by atomic mass is 9.98. The fourth-order valence-corrected chi connectivity index (χ4v) is 3.19. The molecule has 140 valence electrons. The Kier molecular flexibility index (Phi) is 5.70. The average molecular weight is 430 g/mol. The third-order valence-corrected chi connectivity index (χ3v) is 4.92. The third kappa shape index (κ3) is 4.47. The lowest BCUT2D eigenvalue weighted by Gasteiger charge is -2.25. The molecular weight excluding hydrogens is 411 g/mol. The van der Waals surface area contributed by atoms with Gasteiger partial charge in [-0.3, -0.25) is 0 Å². The highest BCUT2D eigenvalue weighted by atomic mass is 79.9. The van der Waals surface area contributed by atoms with Gasteiger partial charge >= 0.3 is 6.18 Å². The van der Waals surface area contributed by atoms with Crippen molar-refractivity contribution in [2.45, 2.75) is 44.4 Å². The van der Waals surface area contributed by atoms with Crippen molar-refractivity contribution >= 4 is 27.6 Å². The van der Waals surface area contributed by atoms with E-state index in [0.717, 1.165) is 48.5 Å². The van der Waals surface area contributed by atoms with Gasteiger partial charge in [-0.25, -0.2) is 4.98 Å². The Hall–Kier alpha value is -1.83. The number of anilines is 2. The van der Waals surface area contributed by atoms with Crippen LogP contribution in [0.1, 0.15) is 37.7 Å². The Morgan fingerprint density at radius 1 is 1.12 bits per heavy atom. The summed E-state index contributed by atoms with van der Waals surface area (Å²) < 4.78 is 46.5. The maximum absolute atomic E-state index is 13.3. The SMILES string of the molecule is CN(c1ccc(Br)cc1)c1ncc(C(F)(F)F)c(OC2CCCCC2)n1. The van der Waals surface area contributed by atoms with Gasteiger partial charge in [0.2, 0.25) is 11.8 Å². The molecule has 1 aliphatic carbocycles. The first-order valence-corrected chi connectivity index (χ1v) is 9.24. The Labute approximate surface area is 158 Å². The Morgan fingerprint density at radius 2 is 1.77 bits per heavy atom. The molecule has 8 heteroatoms. The third-order valence-electron chi connectivity index (χ3n) is 4.39. The van der Waals surface area contributed by atoms with Gasteiger partial charge in [0.05, 0.1) is 0 Å². The van der Waals surface area contributed by atoms with E-state index in [9.17, 15) is 13.2 Å². The smallest absolute Gasteiger partial charge is 0.423 e.